The maximum Gasteiger partial charge on any atom is 0.266 e. The van der Waals surface area contributed by atoms with Crippen molar-refractivity contribution in [3.8, 4) is 23.3 Å². The molecule has 0 aromatic heterocycles. The van der Waals surface area contributed by atoms with E-state index in [4.69, 9.17) is 9.47 Å². The first-order valence-electron chi connectivity index (χ1n) is 7.12. The molecule has 2 rings (SSSR count). The first-order valence-corrected chi connectivity index (χ1v) is 7.91. The second-order valence-electron chi connectivity index (χ2n) is 4.90. The average molecular weight is 403 g/mol. The van der Waals surface area contributed by atoms with Crippen molar-refractivity contribution in [1.29, 1.82) is 5.26 Å². The third-order valence-electron chi connectivity index (χ3n) is 3.26. The molecule has 0 unspecified atom stereocenters. The maximum absolute atomic E-state index is 12.3. The van der Waals surface area contributed by atoms with E-state index in [1.165, 1.54) is 44.6 Å². The van der Waals surface area contributed by atoms with Crippen molar-refractivity contribution < 1.29 is 19.4 Å². The molecule has 0 aliphatic rings. The molecule has 0 bridgehead atoms. The van der Waals surface area contributed by atoms with E-state index >= 15 is 0 Å². The van der Waals surface area contributed by atoms with E-state index in [0.717, 1.165) is 0 Å². The normalized spacial score (nSPS) is 10.7. The van der Waals surface area contributed by atoms with Crippen LogP contribution in [0.15, 0.2) is 46.4 Å². The molecule has 128 valence electrons. The summed E-state index contributed by atoms with van der Waals surface area (Å²) < 4.78 is 11.3. The van der Waals surface area contributed by atoms with Gasteiger partial charge in [0.1, 0.15) is 17.4 Å². The Kier molecular flexibility index (Phi) is 6.03. The number of phenolic OH excluding ortho intramolecular Hbond substituents is 1. The molecule has 2 aromatic rings. The molecule has 0 fully saturated rings. The van der Waals surface area contributed by atoms with E-state index in [-0.39, 0.29) is 11.3 Å². The molecule has 2 N–H and O–H groups in total. The van der Waals surface area contributed by atoms with Crippen molar-refractivity contribution in [2.45, 2.75) is 0 Å². The number of nitriles is 1. The molecule has 0 spiro atoms. The lowest BCUT2D eigenvalue weighted by molar-refractivity contribution is -0.112. The van der Waals surface area contributed by atoms with Crippen LogP contribution >= 0.6 is 15.9 Å². The number of carbonyl (C=O) groups is 1. The van der Waals surface area contributed by atoms with Crippen LogP contribution in [-0.4, -0.2) is 25.2 Å². The Hall–Kier alpha value is -2.98. The third kappa shape index (κ3) is 4.52. The smallest absolute Gasteiger partial charge is 0.266 e. The second-order valence-corrected chi connectivity index (χ2v) is 5.82. The van der Waals surface area contributed by atoms with Gasteiger partial charge in [0.25, 0.3) is 5.91 Å². The van der Waals surface area contributed by atoms with Crippen molar-refractivity contribution in [2.75, 3.05) is 19.5 Å². The number of phenols is 1. The minimum Gasteiger partial charge on any atom is -0.508 e. The highest BCUT2D eigenvalue weighted by Crippen LogP contribution is 2.35. The van der Waals surface area contributed by atoms with Gasteiger partial charge in [-0.3, -0.25) is 4.79 Å². The molecule has 0 aliphatic heterocycles. The Labute approximate surface area is 153 Å². The predicted octanol–water partition coefficient (Wildman–Crippen LogP) is 3.72. The van der Waals surface area contributed by atoms with Crippen LogP contribution in [0, 0.1) is 11.3 Å². The molecule has 2 aromatic carbocycles. The highest BCUT2D eigenvalue weighted by Gasteiger charge is 2.15. The lowest BCUT2D eigenvalue weighted by atomic mass is 10.1. The van der Waals surface area contributed by atoms with Gasteiger partial charge in [0, 0.05) is 15.7 Å². The summed E-state index contributed by atoms with van der Waals surface area (Å²) in [5, 5.41) is 21.2. The zero-order valence-corrected chi connectivity index (χ0v) is 15.1. The van der Waals surface area contributed by atoms with Crippen molar-refractivity contribution in [3.63, 3.8) is 0 Å². The molecule has 0 aliphatic carbocycles. The highest BCUT2D eigenvalue weighted by molar-refractivity contribution is 9.10. The number of ether oxygens (including phenoxy) is 2. The van der Waals surface area contributed by atoms with Crippen LogP contribution < -0.4 is 14.8 Å². The molecule has 1 amide bonds. The molecule has 25 heavy (non-hydrogen) atoms. The first-order chi connectivity index (χ1) is 12.0. The monoisotopic (exact) mass is 402 g/mol. The number of hydrogen-bond acceptors (Lipinski definition) is 5. The fourth-order valence-corrected chi connectivity index (χ4v) is 2.57. The number of halogens is 1. The van der Waals surface area contributed by atoms with Gasteiger partial charge in [0.05, 0.1) is 14.2 Å². The summed E-state index contributed by atoms with van der Waals surface area (Å²) in [5.74, 6) is 0.393. The fourth-order valence-electron chi connectivity index (χ4n) is 2.11. The van der Waals surface area contributed by atoms with E-state index in [1.54, 1.807) is 12.1 Å². The number of hydrogen-bond donors (Lipinski definition) is 2. The van der Waals surface area contributed by atoms with Gasteiger partial charge in [-0.1, -0.05) is 15.9 Å². The van der Waals surface area contributed by atoms with E-state index in [0.29, 0.717) is 27.2 Å². The quantitative estimate of drug-likeness (QED) is 0.451. The molecular formula is C18H15BrN2O4. The molecule has 6 nitrogen and oxygen atoms in total. The summed E-state index contributed by atoms with van der Waals surface area (Å²) in [6.07, 6.45) is 1.42. The molecule has 7 heteroatoms. The summed E-state index contributed by atoms with van der Waals surface area (Å²) in [5.41, 5.74) is 0.875. The number of methoxy groups -OCH3 is 2. The summed E-state index contributed by atoms with van der Waals surface area (Å²) in [6, 6.07) is 11.3. The molecule has 0 radical (unpaired) electrons. The summed E-state index contributed by atoms with van der Waals surface area (Å²) in [7, 11) is 2.98. The van der Waals surface area contributed by atoms with Gasteiger partial charge >= 0.3 is 0 Å². The standard InChI is InChI=1S/C18H15BrN2O4/c1-24-16-9-13(19)8-11(17(16)25-2)7-12(10-20)18(23)21-14-3-5-15(22)6-4-14/h3-9,22H,1-2H3,(H,21,23). The number of amides is 1. The Bertz CT molecular complexity index is 855. The number of anilines is 1. The molecule has 0 saturated heterocycles. The van der Waals surface area contributed by atoms with Gasteiger partial charge in [-0.15, -0.1) is 0 Å². The Morgan fingerprint density at radius 2 is 1.92 bits per heavy atom. The average Bonchev–Trinajstić information content (AvgIpc) is 2.60. The van der Waals surface area contributed by atoms with Crippen molar-refractivity contribution in [2.24, 2.45) is 0 Å². The third-order valence-corrected chi connectivity index (χ3v) is 3.72. The second kappa shape index (κ2) is 8.22. The van der Waals surface area contributed by atoms with Crippen molar-refractivity contribution >= 4 is 33.6 Å². The van der Waals surface area contributed by atoms with Crippen LogP contribution in [0.5, 0.6) is 17.2 Å². The maximum atomic E-state index is 12.3. The van der Waals surface area contributed by atoms with E-state index in [2.05, 4.69) is 21.2 Å². The van der Waals surface area contributed by atoms with Gasteiger partial charge in [0.2, 0.25) is 0 Å². The fraction of sp³-hybridized carbons (Fsp3) is 0.111. The summed E-state index contributed by atoms with van der Waals surface area (Å²) >= 11 is 3.35. The van der Waals surface area contributed by atoms with Crippen LogP contribution in [0.25, 0.3) is 6.08 Å². The van der Waals surface area contributed by atoms with Gasteiger partial charge in [-0.25, -0.2) is 0 Å². The number of nitrogens with one attached hydrogen (secondary N) is 1. The molecule has 0 atom stereocenters. The van der Waals surface area contributed by atoms with Crippen LogP contribution in [0.2, 0.25) is 0 Å². The lowest BCUT2D eigenvalue weighted by Gasteiger charge is -2.12. The minimum atomic E-state index is -0.575. The molecular weight excluding hydrogens is 388 g/mol. The van der Waals surface area contributed by atoms with Crippen LogP contribution in [-0.2, 0) is 4.79 Å². The zero-order chi connectivity index (χ0) is 18.4. The molecule has 0 saturated carbocycles. The Morgan fingerprint density at radius 3 is 2.48 bits per heavy atom. The minimum absolute atomic E-state index is 0.0833. The van der Waals surface area contributed by atoms with Gasteiger partial charge < -0.3 is 19.9 Å². The Morgan fingerprint density at radius 1 is 1.24 bits per heavy atom. The predicted molar refractivity (Wildman–Crippen MR) is 97.6 cm³/mol. The van der Waals surface area contributed by atoms with Crippen molar-refractivity contribution in [3.05, 3.63) is 52.0 Å². The number of benzene rings is 2. The highest BCUT2D eigenvalue weighted by atomic mass is 79.9. The zero-order valence-electron chi connectivity index (χ0n) is 13.5. The lowest BCUT2D eigenvalue weighted by Crippen LogP contribution is -2.13. The largest absolute Gasteiger partial charge is 0.508 e. The number of rotatable bonds is 5. The van der Waals surface area contributed by atoms with Crippen molar-refractivity contribution in [1.82, 2.24) is 0 Å². The van der Waals surface area contributed by atoms with Crippen LogP contribution in [0.1, 0.15) is 5.56 Å². The van der Waals surface area contributed by atoms with Gasteiger partial charge in [0.15, 0.2) is 11.5 Å². The summed E-state index contributed by atoms with van der Waals surface area (Å²) in [6.45, 7) is 0. The van der Waals surface area contributed by atoms with Crippen LogP contribution in [0.3, 0.4) is 0 Å². The van der Waals surface area contributed by atoms with Crippen LogP contribution in [0.4, 0.5) is 5.69 Å². The van der Waals surface area contributed by atoms with E-state index in [1.807, 2.05) is 6.07 Å². The van der Waals surface area contributed by atoms with Gasteiger partial charge in [-0.2, -0.15) is 5.26 Å². The topological polar surface area (TPSA) is 91.6 Å². The number of carbonyl (C=O) groups excluding carboxylic acids is 1. The summed E-state index contributed by atoms with van der Waals surface area (Å²) in [4.78, 5) is 12.3. The molecule has 0 heterocycles. The number of nitrogens with zero attached hydrogens (tertiary/aromatic N) is 1. The van der Waals surface area contributed by atoms with Gasteiger partial charge in [-0.05, 0) is 42.5 Å². The first kappa shape index (κ1) is 18.4. The Balaban J connectivity index is 2.37. The SMILES string of the molecule is COc1cc(Br)cc(C=C(C#N)C(=O)Nc2ccc(O)cc2)c1OC. The number of aromatic hydroxyl groups is 1. The van der Waals surface area contributed by atoms with E-state index < -0.39 is 5.91 Å². The van der Waals surface area contributed by atoms with E-state index in [9.17, 15) is 15.2 Å².